The number of hydrogen-bond donors (Lipinski definition) is 2. The number of fused-ring (bicyclic) bond motifs is 1. The number of rotatable bonds is 5. The summed E-state index contributed by atoms with van der Waals surface area (Å²) in [6, 6.07) is 6.23. The number of hydrogen-bond acceptors (Lipinski definition) is 3. The van der Waals surface area contributed by atoms with E-state index in [4.69, 9.17) is 0 Å². The van der Waals surface area contributed by atoms with Gasteiger partial charge in [0.25, 0.3) is 5.91 Å². The molecule has 1 aliphatic rings. The molecule has 5 nitrogen and oxygen atoms in total. The van der Waals surface area contributed by atoms with Crippen molar-refractivity contribution >= 4 is 16.9 Å². The van der Waals surface area contributed by atoms with Crippen molar-refractivity contribution in [2.75, 3.05) is 20.1 Å². The van der Waals surface area contributed by atoms with E-state index in [1.807, 2.05) is 18.2 Å². The Balaban J connectivity index is 1.51. The van der Waals surface area contributed by atoms with Crippen LogP contribution in [0.4, 0.5) is 0 Å². The highest BCUT2D eigenvalue weighted by Gasteiger charge is 2.19. The Morgan fingerprint density at radius 3 is 3.05 bits per heavy atom. The number of carbonyl (C=O) groups excluding carboxylic acids is 1. The van der Waals surface area contributed by atoms with E-state index in [1.54, 1.807) is 6.33 Å². The number of aromatic nitrogens is 2. The Morgan fingerprint density at radius 1 is 1.43 bits per heavy atom. The smallest absolute Gasteiger partial charge is 0.251 e. The van der Waals surface area contributed by atoms with Gasteiger partial charge in [0.15, 0.2) is 0 Å². The van der Waals surface area contributed by atoms with Crippen molar-refractivity contribution in [2.24, 2.45) is 0 Å². The second kappa shape index (κ2) is 6.26. The topological polar surface area (TPSA) is 61.0 Å². The highest BCUT2D eigenvalue weighted by atomic mass is 16.1. The van der Waals surface area contributed by atoms with Crippen LogP contribution >= 0.6 is 0 Å². The fourth-order valence-corrected chi connectivity index (χ4v) is 3.05. The minimum absolute atomic E-state index is 0.0219. The van der Waals surface area contributed by atoms with Gasteiger partial charge >= 0.3 is 0 Å². The molecule has 112 valence electrons. The molecule has 1 aliphatic carbocycles. The molecular weight excluding hydrogens is 264 g/mol. The second-order valence-electron chi connectivity index (χ2n) is 5.81. The molecule has 0 saturated heterocycles. The van der Waals surface area contributed by atoms with E-state index in [1.165, 1.54) is 25.7 Å². The molecule has 0 spiro atoms. The van der Waals surface area contributed by atoms with Crippen molar-refractivity contribution in [3.05, 3.63) is 30.1 Å². The monoisotopic (exact) mass is 286 g/mol. The van der Waals surface area contributed by atoms with Gasteiger partial charge in [-0.2, -0.15) is 0 Å². The van der Waals surface area contributed by atoms with Gasteiger partial charge in [0.1, 0.15) is 0 Å². The van der Waals surface area contributed by atoms with Crippen LogP contribution in [0, 0.1) is 0 Å². The Labute approximate surface area is 124 Å². The molecule has 0 aliphatic heterocycles. The number of benzene rings is 1. The maximum atomic E-state index is 12.1. The molecule has 0 unspecified atom stereocenters. The number of nitrogens with zero attached hydrogens (tertiary/aromatic N) is 2. The lowest BCUT2D eigenvalue weighted by Gasteiger charge is -2.23. The lowest BCUT2D eigenvalue weighted by Crippen LogP contribution is -2.37. The Bertz CT molecular complexity index is 616. The average Bonchev–Trinajstić information content (AvgIpc) is 3.17. The first-order valence-electron chi connectivity index (χ1n) is 7.65. The second-order valence-corrected chi connectivity index (χ2v) is 5.81. The normalized spacial score (nSPS) is 15.9. The quantitative estimate of drug-likeness (QED) is 0.885. The highest BCUT2D eigenvalue weighted by Crippen LogP contribution is 2.21. The summed E-state index contributed by atoms with van der Waals surface area (Å²) in [6.45, 7) is 1.59. The molecule has 1 fully saturated rings. The summed E-state index contributed by atoms with van der Waals surface area (Å²) in [6.07, 6.45) is 6.90. The van der Waals surface area contributed by atoms with Crippen LogP contribution in [0.25, 0.3) is 11.0 Å². The number of imidazole rings is 1. The maximum absolute atomic E-state index is 12.1. The molecule has 0 bridgehead atoms. The molecule has 21 heavy (non-hydrogen) atoms. The van der Waals surface area contributed by atoms with Crippen molar-refractivity contribution < 1.29 is 4.79 Å². The van der Waals surface area contributed by atoms with E-state index < -0.39 is 0 Å². The van der Waals surface area contributed by atoms with Crippen LogP contribution in [0.1, 0.15) is 36.0 Å². The number of aromatic amines is 1. The maximum Gasteiger partial charge on any atom is 0.251 e. The Morgan fingerprint density at radius 2 is 2.24 bits per heavy atom. The molecule has 1 aromatic heterocycles. The first-order valence-corrected chi connectivity index (χ1v) is 7.65. The van der Waals surface area contributed by atoms with E-state index in [-0.39, 0.29) is 5.91 Å². The average molecular weight is 286 g/mol. The van der Waals surface area contributed by atoms with Gasteiger partial charge < -0.3 is 15.2 Å². The molecule has 1 aromatic carbocycles. The molecule has 1 amide bonds. The van der Waals surface area contributed by atoms with Crippen LogP contribution in [0.5, 0.6) is 0 Å². The molecule has 2 aromatic rings. The third kappa shape index (κ3) is 3.24. The van der Waals surface area contributed by atoms with Gasteiger partial charge in [0.2, 0.25) is 0 Å². The SMILES string of the molecule is CN(CCNC(=O)c1ccc2nc[nH]c2c1)C1CCCC1. The van der Waals surface area contributed by atoms with Crippen LogP contribution in [0.3, 0.4) is 0 Å². The van der Waals surface area contributed by atoms with Gasteiger partial charge in [-0.25, -0.2) is 4.98 Å². The van der Waals surface area contributed by atoms with E-state index in [9.17, 15) is 4.79 Å². The summed E-state index contributed by atoms with van der Waals surface area (Å²) in [5.74, 6) is -0.0219. The van der Waals surface area contributed by atoms with Gasteiger partial charge in [-0.05, 0) is 38.1 Å². The fourth-order valence-electron chi connectivity index (χ4n) is 3.05. The first-order chi connectivity index (χ1) is 10.2. The zero-order chi connectivity index (χ0) is 14.7. The van der Waals surface area contributed by atoms with Crippen molar-refractivity contribution in [1.82, 2.24) is 20.2 Å². The van der Waals surface area contributed by atoms with Crippen molar-refractivity contribution in [1.29, 1.82) is 0 Å². The molecule has 1 saturated carbocycles. The summed E-state index contributed by atoms with van der Waals surface area (Å²) in [5, 5.41) is 3.00. The largest absolute Gasteiger partial charge is 0.351 e. The van der Waals surface area contributed by atoms with Crippen molar-refractivity contribution in [2.45, 2.75) is 31.7 Å². The Kier molecular flexibility index (Phi) is 4.20. The summed E-state index contributed by atoms with van der Waals surface area (Å²) < 4.78 is 0. The molecule has 3 rings (SSSR count). The number of amides is 1. The summed E-state index contributed by atoms with van der Waals surface area (Å²) in [5.41, 5.74) is 2.45. The number of H-pyrrole nitrogens is 1. The van der Waals surface area contributed by atoms with Crippen LogP contribution in [0.2, 0.25) is 0 Å². The van der Waals surface area contributed by atoms with E-state index >= 15 is 0 Å². The standard InChI is InChI=1S/C16H22N4O/c1-20(13-4-2-3-5-13)9-8-17-16(21)12-6-7-14-15(10-12)19-11-18-14/h6-7,10-11,13H,2-5,8-9H2,1H3,(H,17,21)(H,18,19). The van der Waals surface area contributed by atoms with Crippen LogP contribution in [-0.2, 0) is 0 Å². The lowest BCUT2D eigenvalue weighted by molar-refractivity contribution is 0.0947. The van der Waals surface area contributed by atoms with Gasteiger partial charge in [0.05, 0.1) is 17.4 Å². The third-order valence-corrected chi connectivity index (χ3v) is 4.38. The molecule has 0 radical (unpaired) electrons. The summed E-state index contributed by atoms with van der Waals surface area (Å²) in [4.78, 5) is 21.7. The summed E-state index contributed by atoms with van der Waals surface area (Å²) >= 11 is 0. The Hall–Kier alpha value is -1.88. The number of carbonyl (C=O) groups is 1. The fraction of sp³-hybridized carbons (Fsp3) is 0.500. The highest BCUT2D eigenvalue weighted by molar-refractivity contribution is 5.97. The minimum atomic E-state index is -0.0219. The zero-order valence-electron chi connectivity index (χ0n) is 12.4. The first kappa shape index (κ1) is 14.1. The van der Waals surface area contributed by atoms with Crippen molar-refractivity contribution in [3.63, 3.8) is 0 Å². The van der Waals surface area contributed by atoms with Crippen LogP contribution in [-0.4, -0.2) is 47.0 Å². The number of likely N-dealkylation sites (N-methyl/N-ethyl adjacent to an activating group) is 1. The predicted molar refractivity (Wildman–Crippen MR) is 83.3 cm³/mol. The lowest BCUT2D eigenvalue weighted by atomic mass is 10.2. The van der Waals surface area contributed by atoms with E-state index in [0.717, 1.165) is 17.6 Å². The van der Waals surface area contributed by atoms with Crippen LogP contribution in [0.15, 0.2) is 24.5 Å². The molecule has 1 heterocycles. The third-order valence-electron chi connectivity index (χ3n) is 4.38. The summed E-state index contributed by atoms with van der Waals surface area (Å²) in [7, 11) is 2.15. The minimum Gasteiger partial charge on any atom is -0.351 e. The van der Waals surface area contributed by atoms with E-state index in [0.29, 0.717) is 18.2 Å². The molecular formula is C16H22N4O. The molecule has 0 atom stereocenters. The molecule has 5 heteroatoms. The predicted octanol–water partition coefficient (Wildman–Crippen LogP) is 2.17. The van der Waals surface area contributed by atoms with Crippen LogP contribution < -0.4 is 5.32 Å². The van der Waals surface area contributed by atoms with Gasteiger partial charge in [-0.3, -0.25) is 4.79 Å². The molecule has 2 N–H and O–H groups in total. The van der Waals surface area contributed by atoms with E-state index in [2.05, 4.69) is 27.2 Å². The van der Waals surface area contributed by atoms with Gasteiger partial charge in [-0.15, -0.1) is 0 Å². The van der Waals surface area contributed by atoms with Gasteiger partial charge in [-0.1, -0.05) is 12.8 Å². The number of nitrogens with one attached hydrogen (secondary N) is 2. The van der Waals surface area contributed by atoms with Gasteiger partial charge in [0, 0.05) is 24.7 Å². The van der Waals surface area contributed by atoms with Crippen molar-refractivity contribution in [3.8, 4) is 0 Å². The zero-order valence-corrected chi connectivity index (χ0v) is 12.4.